The summed E-state index contributed by atoms with van der Waals surface area (Å²) in [6.07, 6.45) is 14.6. The Bertz CT molecular complexity index is 261. The molecule has 110 valence electrons. The average Bonchev–Trinajstić information content (AvgIpc) is 2.41. The molecule has 1 heterocycles. The number of rotatable bonds is 0. The lowest BCUT2D eigenvalue weighted by Gasteiger charge is -2.11. The molecule has 3 nitrogen and oxygen atoms in total. The van der Waals surface area contributed by atoms with E-state index in [1.54, 1.807) is 6.92 Å². The van der Waals surface area contributed by atoms with Crippen LogP contribution >= 0.6 is 0 Å². The average molecular weight is 268 g/mol. The van der Waals surface area contributed by atoms with Crippen molar-refractivity contribution in [1.82, 2.24) is 0 Å². The van der Waals surface area contributed by atoms with E-state index >= 15 is 0 Å². The Kier molecular flexibility index (Phi) is 9.42. The summed E-state index contributed by atoms with van der Waals surface area (Å²) in [4.78, 5) is 11.6. The first-order chi connectivity index (χ1) is 9.30. The van der Waals surface area contributed by atoms with Gasteiger partial charge in [-0.2, -0.15) is 0 Å². The van der Waals surface area contributed by atoms with Gasteiger partial charge in [-0.1, -0.05) is 44.3 Å². The lowest BCUT2D eigenvalue weighted by molar-refractivity contribution is -0.156. The summed E-state index contributed by atoms with van der Waals surface area (Å²) in [5.41, 5.74) is 0. The number of carbonyl (C=O) groups is 1. The van der Waals surface area contributed by atoms with E-state index < -0.39 is 6.10 Å². The highest BCUT2D eigenvalue weighted by Crippen LogP contribution is 2.10. The fraction of sp³-hybridized carbons (Fsp3) is 0.812. The smallest absolute Gasteiger partial charge is 0.334 e. The normalized spacial score (nSPS) is 25.5. The highest BCUT2D eigenvalue weighted by Gasteiger charge is 2.13. The molecule has 0 saturated carbocycles. The molecule has 0 saturated heterocycles. The molecule has 0 aromatic heterocycles. The van der Waals surface area contributed by atoms with Gasteiger partial charge in [0, 0.05) is 0 Å². The SMILES string of the molecule is CC1OCCC=CCCCCCCCCCOC1=O. The van der Waals surface area contributed by atoms with E-state index in [1.165, 1.54) is 32.1 Å². The zero-order valence-electron chi connectivity index (χ0n) is 12.2. The van der Waals surface area contributed by atoms with E-state index in [0.29, 0.717) is 13.2 Å². The standard InChI is InChI=1S/C16H28O3/c1-15-16(17)19-14-12-10-8-6-4-2-3-5-7-9-11-13-18-15/h7,9,15H,2-6,8,10-14H2,1H3. The van der Waals surface area contributed by atoms with Crippen LogP contribution in [-0.4, -0.2) is 25.3 Å². The van der Waals surface area contributed by atoms with Crippen molar-refractivity contribution in [3.8, 4) is 0 Å². The summed E-state index contributed by atoms with van der Waals surface area (Å²) in [5.74, 6) is -0.228. The third-order valence-electron chi connectivity index (χ3n) is 3.41. The van der Waals surface area contributed by atoms with E-state index in [4.69, 9.17) is 9.47 Å². The van der Waals surface area contributed by atoms with Crippen LogP contribution in [0, 0.1) is 0 Å². The maximum atomic E-state index is 11.6. The molecule has 1 aliphatic rings. The molecule has 0 aromatic carbocycles. The Hall–Kier alpha value is -0.830. The Balaban J connectivity index is 2.28. The summed E-state index contributed by atoms with van der Waals surface area (Å²) < 4.78 is 10.7. The van der Waals surface area contributed by atoms with Crippen LogP contribution in [0.3, 0.4) is 0 Å². The van der Waals surface area contributed by atoms with Crippen LogP contribution in [0.1, 0.15) is 64.7 Å². The molecule has 1 unspecified atom stereocenters. The summed E-state index contributed by atoms with van der Waals surface area (Å²) in [6, 6.07) is 0. The van der Waals surface area contributed by atoms with Gasteiger partial charge in [-0.25, -0.2) is 4.79 Å². The topological polar surface area (TPSA) is 35.5 Å². The Morgan fingerprint density at radius 3 is 2.32 bits per heavy atom. The largest absolute Gasteiger partial charge is 0.464 e. The second kappa shape index (κ2) is 11.0. The quantitative estimate of drug-likeness (QED) is 0.492. The third-order valence-corrected chi connectivity index (χ3v) is 3.41. The van der Waals surface area contributed by atoms with Crippen LogP contribution in [0.15, 0.2) is 12.2 Å². The minimum Gasteiger partial charge on any atom is -0.464 e. The molecular weight excluding hydrogens is 240 g/mol. The fourth-order valence-corrected chi connectivity index (χ4v) is 2.15. The van der Waals surface area contributed by atoms with Gasteiger partial charge in [0.25, 0.3) is 0 Å². The molecule has 3 heteroatoms. The van der Waals surface area contributed by atoms with Crippen LogP contribution < -0.4 is 0 Å². The van der Waals surface area contributed by atoms with Gasteiger partial charge in [0.1, 0.15) is 0 Å². The van der Waals surface area contributed by atoms with E-state index in [0.717, 1.165) is 25.7 Å². The second-order valence-electron chi connectivity index (χ2n) is 5.20. The molecule has 0 spiro atoms. The summed E-state index contributed by atoms with van der Waals surface area (Å²) >= 11 is 0. The fourth-order valence-electron chi connectivity index (χ4n) is 2.15. The molecule has 0 bridgehead atoms. The maximum Gasteiger partial charge on any atom is 0.334 e. The number of hydrogen-bond acceptors (Lipinski definition) is 3. The lowest BCUT2D eigenvalue weighted by Crippen LogP contribution is -2.24. The molecule has 0 amide bonds. The molecular formula is C16H28O3. The van der Waals surface area contributed by atoms with Crippen LogP contribution in [0.25, 0.3) is 0 Å². The lowest BCUT2D eigenvalue weighted by atomic mass is 10.1. The Morgan fingerprint density at radius 2 is 1.53 bits per heavy atom. The molecule has 1 aliphatic heterocycles. The highest BCUT2D eigenvalue weighted by atomic mass is 16.6. The van der Waals surface area contributed by atoms with Crippen LogP contribution in [0.2, 0.25) is 0 Å². The van der Waals surface area contributed by atoms with Gasteiger partial charge in [-0.3, -0.25) is 0 Å². The van der Waals surface area contributed by atoms with Gasteiger partial charge in [-0.15, -0.1) is 0 Å². The minimum absolute atomic E-state index is 0.228. The van der Waals surface area contributed by atoms with E-state index in [1.807, 2.05) is 0 Å². The summed E-state index contributed by atoms with van der Waals surface area (Å²) in [7, 11) is 0. The highest BCUT2D eigenvalue weighted by molar-refractivity contribution is 5.74. The monoisotopic (exact) mass is 268 g/mol. The van der Waals surface area contributed by atoms with Crippen molar-refractivity contribution in [3.05, 3.63) is 12.2 Å². The minimum atomic E-state index is -0.441. The predicted molar refractivity (Wildman–Crippen MR) is 77.1 cm³/mol. The number of cyclic esters (lactones) is 1. The van der Waals surface area contributed by atoms with Crippen molar-refractivity contribution >= 4 is 5.97 Å². The van der Waals surface area contributed by atoms with Crippen LogP contribution in [0.4, 0.5) is 0 Å². The number of ether oxygens (including phenoxy) is 2. The Morgan fingerprint density at radius 1 is 0.895 bits per heavy atom. The first kappa shape index (κ1) is 16.2. The number of carbonyl (C=O) groups excluding carboxylic acids is 1. The molecule has 0 N–H and O–H groups in total. The molecule has 0 fully saturated rings. The van der Waals surface area contributed by atoms with Crippen molar-refractivity contribution in [2.45, 2.75) is 70.8 Å². The van der Waals surface area contributed by atoms with Crippen molar-refractivity contribution in [1.29, 1.82) is 0 Å². The molecule has 1 rings (SSSR count). The maximum absolute atomic E-state index is 11.6. The van der Waals surface area contributed by atoms with E-state index in [9.17, 15) is 4.79 Å². The molecule has 19 heavy (non-hydrogen) atoms. The van der Waals surface area contributed by atoms with Gasteiger partial charge in [0.05, 0.1) is 13.2 Å². The number of allylic oxidation sites excluding steroid dienone is 1. The van der Waals surface area contributed by atoms with Crippen LogP contribution in [-0.2, 0) is 14.3 Å². The zero-order valence-corrected chi connectivity index (χ0v) is 12.2. The van der Waals surface area contributed by atoms with Crippen molar-refractivity contribution < 1.29 is 14.3 Å². The van der Waals surface area contributed by atoms with Gasteiger partial charge in [-0.05, 0) is 32.6 Å². The number of esters is 1. The van der Waals surface area contributed by atoms with Gasteiger partial charge in [0.15, 0.2) is 6.10 Å². The first-order valence-corrected chi connectivity index (χ1v) is 7.74. The van der Waals surface area contributed by atoms with E-state index in [-0.39, 0.29) is 5.97 Å². The molecule has 0 aromatic rings. The van der Waals surface area contributed by atoms with Gasteiger partial charge >= 0.3 is 5.97 Å². The Labute approximate surface area is 117 Å². The number of hydrogen-bond donors (Lipinski definition) is 0. The van der Waals surface area contributed by atoms with Crippen LogP contribution in [0.5, 0.6) is 0 Å². The third kappa shape index (κ3) is 8.82. The van der Waals surface area contributed by atoms with Crippen molar-refractivity contribution in [2.75, 3.05) is 13.2 Å². The van der Waals surface area contributed by atoms with Gasteiger partial charge < -0.3 is 9.47 Å². The van der Waals surface area contributed by atoms with Gasteiger partial charge in [0.2, 0.25) is 0 Å². The molecule has 1 atom stereocenters. The zero-order chi connectivity index (χ0) is 13.8. The molecule has 0 aliphatic carbocycles. The van der Waals surface area contributed by atoms with Crippen molar-refractivity contribution in [2.24, 2.45) is 0 Å². The van der Waals surface area contributed by atoms with Crippen molar-refractivity contribution in [3.63, 3.8) is 0 Å². The second-order valence-corrected chi connectivity index (χ2v) is 5.20. The first-order valence-electron chi connectivity index (χ1n) is 7.74. The van der Waals surface area contributed by atoms with E-state index in [2.05, 4.69) is 12.2 Å². The summed E-state index contributed by atoms with van der Waals surface area (Å²) in [6.45, 7) is 2.89. The summed E-state index contributed by atoms with van der Waals surface area (Å²) in [5, 5.41) is 0. The molecule has 0 radical (unpaired) electrons. The predicted octanol–water partition coefficient (Wildman–Crippen LogP) is 4.02.